The van der Waals surface area contributed by atoms with Crippen LogP contribution in [0.3, 0.4) is 0 Å². The average Bonchev–Trinajstić information content (AvgIpc) is 2.93. The maximum atomic E-state index is 12.1. The fourth-order valence-electron chi connectivity index (χ4n) is 3.62. The molecule has 1 amide bonds. The first kappa shape index (κ1) is 19.9. The highest BCUT2D eigenvalue weighted by molar-refractivity contribution is 7.17. The summed E-state index contributed by atoms with van der Waals surface area (Å²) in [6, 6.07) is 0.0460. The second-order valence-electron chi connectivity index (χ2n) is 8.48. The van der Waals surface area contributed by atoms with E-state index in [1.165, 1.54) is 10.9 Å². The van der Waals surface area contributed by atoms with Gasteiger partial charge in [-0.15, -0.1) is 11.3 Å². The maximum Gasteiger partial charge on any atom is 0.407 e. The van der Waals surface area contributed by atoms with Crippen molar-refractivity contribution in [2.75, 3.05) is 18.0 Å². The number of carbonyl (C=O) groups excluding carboxylic acids is 1. The molecule has 2 unspecified atom stereocenters. The van der Waals surface area contributed by atoms with Crippen LogP contribution < -0.4 is 10.2 Å². The minimum atomic E-state index is -0.483. The van der Waals surface area contributed by atoms with Crippen LogP contribution in [0.2, 0.25) is 0 Å². The third-order valence-electron chi connectivity index (χ3n) is 4.92. The van der Waals surface area contributed by atoms with E-state index in [1.807, 2.05) is 27.7 Å². The predicted octanol–water partition coefficient (Wildman–Crippen LogP) is 4.44. The third-order valence-corrected chi connectivity index (χ3v) is 5.91. The number of hydrogen-bond acceptors (Lipinski definition) is 6. The molecule has 0 aliphatic carbocycles. The Kier molecular flexibility index (Phi) is 5.60. The van der Waals surface area contributed by atoms with E-state index in [1.54, 1.807) is 11.3 Å². The van der Waals surface area contributed by atoms with Gasteiger partial charge in [0.05, 0.1) is 5.39 Å². The molecule has 1 N–H and O–H groups in total. The monoisotopic (exact) mass is 390 g/mol. The molecule has 1 aliphatic heterocycles. The van der Waals surface area contributed by atoms with Crippen molar-refractivity contribution in [3.05, 3.63) is 16.8 Å². The molecule has 1 fully saturated rings. The van der Waals surface area contributed by atoms with E-state index in [2.05, 4.69) is 34.4 Å². The molecule has 3 heterocycles. The Bertz CT molecular complexity index is 827. The van der Waals surface area contributed by atoms with E-state index >= 15 is 0 Å². The van der Waals surface area contributed by atoms with Crippen LogP contribution in [0.1, 0.15) is 51.9 Å². The third kappa shape index (κ3) is 4.69. The van der Waals surface area contributed by atoms with Crippen LogP contribution in [0, 0.1) is 19.8 Å². The number of alkyl carbamates (subject to hydrolysis) is 1. The van der Waals surface area contributed by atoms with Gasteiger partial charge < -0.3 is 15.0 Å². The first-order valence-electron chi connectivity index (χ1n) is 9.61. The highest BCUT2D eigenvalue weighted by Gasteiger charge is 2.29. The summed E-state index contributed by atoms with van der Waals surface area (Å²) < 4.78 is 5.41. The number of aryl methyl sites for hydroxylation is 2. The van der Waals surface area contributed by atoms with Crippen molar-refractivity contribution in [1.29, 1.82) is 0 Å². The zero-order chi connectivity index (χ0) is 19.8. The van der Waals surface area contributed by atoms with Crippen LogP contribution in [0.15, 0.2) is 5.38 Å². The SMILES string of the molecule is Cc1nc(N2CCCC(C(C)NC(=O)OC(C)(C)C)C2)c2c(C)csc2n1. The van der Waals surface area contributed by atoms with Crippen molar-refractivity contribution in [2.24, 2.45) is 5.92 Å². The number of nitrogens with one attached hydrogen (secondary N) is 1. The standard InChI is InChI=1S/C20H30N4O2S/c1-12-11-27-18-16(12)17(22-14(3)23-18)24-9-7-8-15(10-24)13(2)21-19(25)26-20(4,5)6/h11,13,15H,7-10H2,1-6H3,(H,21,25). The fraction of sp³-hybridized carbons (Fsp3) is 0.650. The highest BCUT2D eigenvalue weighted by Crippen LogP contribution is 2.34. The molecule has 0 bridgehead atoms. The molecular formula is C20H30N4O2S. The highest BCUT2D eigenvalue weighted by atomic mass is 32.1. The molecule has 6 nitrogen and oxygen atoms in total. The van der Waals surface area contributed by atoms with E-state index in [0.29, 0.717) is 5.92 Å². The van der Waals surface area contributed by atoms with Crippen LogP contribution in [-0.4, -0.2) is 40.8 Å². The smallest absolute Gasteiger partial charge is 0.407 e. The second-order valence-corrected chi connectivity index (χ2v) is 9.33. The number of amides is 1. The van der Waals surface area contributed by atoms with Crippen LogP contribution in [-0.2, 0) is 4.74 Å². The van der Waals surface area contributed by atoms with E-state index in [-0.39, 0.29) is 12.1 Å². The molecule has 0 saturated carbocycles. The van der Waals surface area contributed by atoms with E-state index < -0.39 is 5.60 Å². The molecule has 3 rings (SSSR count). The average molecular weight is 391 g/mol. The van der Waals surface area contributed by atoms with Crippen molar-refractivity contribution in [2.45, 2.75) is 66.0 Å². The molecule has 1 aliphatic rings. The minimum Gasteiger partial charge on any atom is -0.444 e. The number of fused-ring (bicyclic) bond motifs is 1. The summed E-state index contributed by atoms with van der Waals surface area (Å²) in [7, 11) is 0. The summed E-state index contributed by atoms with van der Waals surface area (Å²) >= 11 is 1.68. The summed E-state index contributed by atoms with van der Waals surface area (Å²) in [6.07, 6.45) is 1.82. The Morgan fingerprint density at radius 3 is 2.81 bits per heavy atom. The van der Waals surface area contributed by atoms with E-state index in [9.17, 15) is 4.79 Å². The molecule has 0 aromatic carbocycles. The summed E-state index contributed by atoms with van der Waals surface area (Å²) in [5, 5.41) is 6.33. The normalized spacial score (nSPS) is 19.2. The first-order chi connectivity index (χ1) is 12.6. The van der Waals surface area contributed by atoms with Gasteiger partial charge >= 0.3 is 6.09 Å². The lowest BCUT2D eigenvalue weighted by Crippen LogP contribution is -2.47. The van der Waals surface area contributed by atoms with Crippen molar-refractivity contribution in [3.8, 4) is 0 Å². The predicted molar refractivity (Wildman–Crippen MR) is 111 cm³/mol. The lowest BCUT2D eigenvalue weighted by atomic mass is 9.91. The molecule has 148 valence electrons. The van der Waals surface area contributed by atoms with Crippen LogP contribution in [0.25, 0.3) is 10.2 Å². The van der Waals surface area contributed by atoms with Crippen LogP contribution in [0.4, 0.5) is 10.6 Å². The number of anilines is 1. The van der Waals surface area contributed by atoms with Gasteiger partial charge in [-0.25, -0.2) is 14.8 Å². The van der Waals surface area contributed by atoms with Crippen molar-refractivity contribution in [3.63, 3.8) is 0 Å². The fourth-order valence-corrected chi connectivity index (χ4v) is 4.58. The topological polar surface area (TPSA) is 67.4 Å². The number of carbonyl (C=O) groups is 1. The van der Waals surface area contributed by atoms with Gasteiger partial charge in [0, 0.05) is 19.1 Å². The zero-order valence-electron chi connectivity index (χ0n) is 17.1. The number of ether oxygens (including phenoxy) is 1. The van der Waals surface area contributed by atoms with Gasteiger partial charge in [-0.3, -0.25) is 0 Å². The van der Waals surface area contributed by atoms with Gasteiger partial charge in [0.2, 0.25) is 0 Å². The van der Waals surface area contributed by atoms with Crippen LogP contribution in [0.5, 0.6) is 0 Å². The Morgan fingerprint density at radius 1 is 1.37 bits per heavy atom. The van der Waals surface area contributed by atoms with E-state index in [4.69, 9.17) is 9.72 Å². The zero-order valence-corrected chi connectivity index (χ0v) is 17.9. The number of hydrogen-bond donors (Lipinski definition) is 1. The van der Waals surface area contributed by atoms with Crippen molar-refractivity contribution < 1.29 is 9.53 Å². The van der Waals surface area contributed by atoms with Gasteiger partial charge in [0.1, 0.15) is 22.1 Å². The van der Waals surface area contributed by atoms with Crippen molar-refractivity contribution in [1.82, 2.24) is 15.3 Å². The Morgan fingerprint density at radius 2 is 2.11 bits per heavy atom. The molecule has 2 aromatic heterocycles. The quantitative estimate of drug-likeness (QED) is 0.839. The minimum absolute atomic E-state index is 0.0460. The Balaban J connectivity index is 1.75. The summed E-state index contributed by atoms with van der Waals surface area (Å²) in [5.74, 6) is 2.20. The largest absolute Gasteiger partial charge is 0.444 e. The number of thiophene rings is 1. The number of rotatable bonds is 3. The summed E-state index contributed by atoms with van der Waals surface area (Å²) in [5.41, 5.74) is 0.746. The number of nitrogens with zero attached hydrogens (tertiary/aromatic N) is 3. The second kappa shape index (κ2) is 7.62. The number of aromatic nitrogens is 2. The molecule has 27 heavy (non-hydrogen) atoms. The van der Waals surface area contributed by atoms with Gasteiger partial charge in [0.15, 0.2) is 0 Å². The van der Waals surface area contributed by atoms with E-state index in [0.717, 1.165) is 42.4 Å². The maximum absolute atomic E-state index is 12.1. The molecule has 2 atom stereocenters. The summed E-state index contributed by atoms with van der Waals surface area (Å²) in [4.78, 5) is 24.9. The molecule has 1 saturated heterocycles. The first-order valence-corrected chi connectivity index (χ1v) is 10.5. The van der Waals surface area contributed by atoms with Gasteiger partial charge in [-0.05, 0) is 71.2 Å². The van der Waals surface area contributed by atoms with Gasteiger partial charge in [-0.1, -0.05) is 0 Å². The van der Waals surface area contributed by atoms with Gasteiger partial charge in [-0.2, -0.15) is 0 Å². The molecule has 7 heteroatoms. The lowest BCUT2D eigenvalue weighted by molar-refractivity contribution is 0.0489. The number of piperidine rings is 1. The van der Waals surface area contributed by atoms with Crippen LogP contribution >= 0.6 is 11.3 Å². The summed E-state index contributed by atoms with van der Waals surface area (Å²) in [6.45, 7) is 13.6. The molecule has 0 spiro atoms. The molecular weight excluding hydrogens is 360 g/mol. The lowest BCUT2D eigenvalue weighted by Gasteiger charge is -2.37. The molecule has 0 radical (unpaired) electrons. The Hall–Kier alpha value is -1.89. The Labute approximate surface area is 165 Å². The van der Waals surface area contributed by atoms with Crippen molar-refractivity contribution >= 4 is 33.5 Å². The van der Waals surface area contributed by atoms with Gasteiger partial charge in [0.25, 0.3) is 0 Å². The molecule has 2 aromatic rings.